The van der Waals surface area contributed by atoms with Gasteiger partial charge < -0.3 is 18.9 Å². The van der Waals surface area contributed by atoms with Crippen LogP contribution in [-0.4, -0.2) is 27.4 Å². The van der Waals surface area contributed by atoms with Crippen LogP contribution >= 0.6 is 0 Å². The lowest BCUT2D eigenvalue weighted by atomic mass is 10.0. The molecular formula is C20H34O4. The van der Waals surface area contributed by atoms with Gasteiger partial charge in [-0.05, 0) is 32.8 Å². The van der Waals surface area contributed by atoms with E-state index in [1.165, 1.54) is 32.1 Å². The van der Waals surface area contributed by atoms with Crippen LogP contribution in [0.25, 0.3) is 0 Å². The summed E-state index contributed by atoms with van der Waals surface area (Å²) in [5.74, 6) is 2.75. The van der Waals surface area contributed by atoms with Gasteiger partial charge in [0.25, 0.3) is 0 Å². The number of rotatable bonds is 13. The molecule has 0 spiro atoms. The van der Waals surface area contributed by atoms with Gasteiger partial charge in [-0.1, -0.05) is 39.0 Å². The first-order valence-electron chi connectivity index (χ1n) is 9.26. The largest absolute Gasteiger partial charge is 0.490 e. The molecule has 0 fully saturated rings. The van der Waals surface area contributed by atoms with E-state index in [-0.39, 0.29) is 0 Å². The Hall–Kier alpha value is -1.58. The van der Waals surface area contributed by atoms with Gasteiger partial charge in [0.1, 0.15) is 0 Å². The summed E-state index contributed by atoms with van der Waals surface area (Å²) in [5, 5.41) is 0. The highest BCUT2D eigenvalue weighted by molar-refractivity contribution is 5.63. The summed E-state index contributed by atoms with van der Waals surface area (Å²) >= 11 is 0. The second-order valence-electron chi connectivity index (χ2n) is 5.81. The van der Waals surface area contributed by atoms with Crippen molar-refractivity contribution in [2.45, 2.75) is 65.7 Å². The van der Waals surface area contributed by atoms with E-state index in [1.54, 1.807) is 14.2 Å². The third-order valence-electron chi connectivity index (χ3n) is 4.03. The SMILES string of the molecule is CCCCCCCCc1cc(OCC)c(OC)c(OC)c1OCC. The van der Waals surface area contributed by atoms with Crippen LogP contribution in [0, 0.1) is 0 Å². The summed E-state index contributed by atoms with van der Waals surface area (Å²) < 4.78 is 22.7. The molecule has 0 unspecified atom stereocenters. The van der Waals surface area contributed by atoms with Crippen molar-refractivity contribution in [1.29, 1.82) is 0 Å². The van der Waals surface area contributed by atoms with Crippen LogP contribution in [0.2, 0.25) is 0 Å². The van der Waals surface area contributed by atoms with Crippen molar-refractivity contribution in [3.05, 3.63) is 11.6 Å². The summed E-state index contributed by atoms with van der Waals surface area (Å²) in [7, 11) is 3.27. The minimum atomic E-state index is 0.587. The maximum absolute atomic E-state index is 5.87. The topological polar surface area (TPSA) is 36.9 Å². The molecule has 0 radical (unpaired) electrons. The maximum Gasteiger partial charge on any atom is 0.207 e. The van der Waals surface area contributed by atoms with Crippen LogP contribution in [0.15, 0.2) is 6.07 Å². The summed E-state index contributed by atoms with van der Waals surface area (Å²) in [6.07, 6.45) is 8.57. The van der Waals surface area contributed by atoms with Crippen molar-refractivity contribution >= 4 is 0 Å². The van der Waals surface area contributed by atoms with Gasteiger partial charge in [-0.25, -0.2) is 0 Å². The summed E-state index contributed by atoms with van der Waals surface area (Å²) in [6.45, 7) is 7.38. The van der Waals surface area contributed by atoms with Crippen molar-refractivity contribution in [1.82, 2.24) is 0 Å². The standard InChI is InChI=1S/C20H34O4/c1-6-9-10-11-12-13-14-16-15-17(23-7-2)19(21-4)20(22-5)18(16)24-8-3/h15H,6-14H2,1-5H3. The normalized spacial score (nSPS) is 10.5. The summed E-state index contributed by atoms with van der Waals surface area (Å²) in [5.41, 5.74) is 1.13. The zero-order valence-electron chi connectivity index (χ0n) is 16.1. The summed E-state index contributed by atoms with van der Waals surface area (Å²) in [4.78, 5) is 0. The monoisotopic (exact) mass is 338 g/mol. The fourth-order valence-corrected chi connectivity index (χ4v) is 2.88. The Morgan fingerprint density at radius 1 is 0.708 bits per heavy atom. The van der Waals surface area contributed by atoms with Crippen LogP contribution in [-0.2, 0) is 6.42 Å². The van der Waals surface area contributed by atoms with E-state index in [0.29, 0.717) is 24.7 Å². The molecule has 1 aromatic carbocycles. The van der Waals surface area contributed by atoms with E-state index in [9.17, 15) is 0 Å². The zero-order valence-corrected chi connectivity index (χ0v) is 16.1. The molecule has 0 aliphatic rings. The van der Waals surface area contributed by atoms with Crippen molar-refractivity contribution in [2.24, 2.45) is 0 Å². The molecule has 0 heterocycles. The van der Waals surface area contributed by atoms with Crippen LogP contribution in [0.1, 0.15) is 64.9 Å². The van der Waals surface area contributed by atoms with Gasteiger partial charge in [-0.3, -0.25) is 0 Å². The highest BCUT2D eigenvalue weighted by atomic mass is 16.5. The minimum absolute atomic E-state index is 0.587. The van der Waals surface area contributed by atoms with Gasteiger partial charge >= 0.3 is 0 Å². The molecule has 0 saturated carbocycles. The third kappa shape index (κ3) is 5.81. The first kappa shape index (κ1) is 20.5. The Morgan fingerprint density at radius 3 is 1.92 bits per heavy atom. The highest BCUT2D eigenvalue weighted by Crippen LogP contribution is 2.47. The molecule has 0 aliphatic heterocycles. The number of unbranched alkanes of at least 4 members (excludes halogenated alkanes) is 5. The van der Waals surface area contributed by atoms with Crippen LogP contribution in [0.3, 0.4) is 0 Å². The van der Waals surface area contributed by atoms with Crippen LogP contribution in [0.5, 0.6) is 23.0 Å². The van der Waals surface area contributed by atoms with Crippen LogP contribution < -0.4 is 18.9 Å². The van der Waals surface area contributed by atoms with Gasteiger partial charge in [0.05, 0.1) is 27.4 Å². The van der Waals surface area contributed by atoms with Gasteiger partial charge in [-0.15, -0.1) is 0 Å². The van der Waals surface area contributed by atoms with E-state index in [0.717, 1.165) is 29.9 Å². The van der Waals surface area contributed by atoms with Gasteiger partial charge in [0.15, 0.2) is 11.5 Å². The van der Waals surface area contributed by atoms with Gasteiger partial charge in [0, 0.05) is 5.56 Å². The molecule has 0 aliphatic carbocycles. The molecule has 1 rings (SSSR count). The Balaban J connectivity index is 2.96. The molecule has 0 N–H and O–H groups in total. The van der Waals surface area contributed by atoms with Crippen molar-refractivity contribution in [2.75, 3.05) is 27.4 Å². The van der Waals surface area contributed by atoms with Gasteiger partial charge in [0.2, 0.25) is 11.5 Å². The second-order valence-corrected chi connectivity index (χ2v) is 5.81. The van der Waals surface area contributed by atoms with E-state index >= 15 is 0 Å². The molecule has 0 amide bonds. The van der Waals surface area contributed by atoms with Crippen molar-refractivity contribution in [3.63, 3.8) is 0 Å². The smallest absolute Gasteiger partial charge is 0.207 e. The molecule has 0 saturated heterocycles. The average Bonchev–Trinajstić information content (AvgIpc) is 2.59. The molecule has 0 atom stereocenters. The predicted molar refractivity (Wildman–Crippen MR) is 99.0 cm³/mol. The first-order chi connectivity index (χ1) is 11.7. The van der Waals surface area contributed by atoms with E-state index < -0.39 is 0 Å². The number of hydrogen-bond donors (Lipinski definition) is 0. The van der Waals surface area contributed by atoms with E-state index in [1.807, 2.05) is 19.9 Å². The minimum Gasteiger partial charge on any atom is -0.490 e. The second kappa shape index (κ2) is 11.9. The number of methoxy groups -OCH3 is 2. The quantitative estimate of drug-likeness (QED) is 0.451. The number of aryl methyl sites for hydroxylation is 1. The molecule has 138 valence electrons. The predicted octanol–water partition coefficient (Wildman–Crippen LogP) is 5.40. The Kier molecular flexibility index (Phi) is 10.1. The molecule has 4 heteroatoms. The molecule has 1 aromatic rings. The fourth-order valence-electron chi connectivity index (χ4n) is 2.88. The lowest BCUT2D eigenvalue weighted by Gasteiger charge is -2.20. The molecule has 24 heavy (non-hydrogen) atoms. The first-order valence-corrected chi connectivity index (χ1v) is 9.26. The Morgan fingerprint density at radius 2 is 1.33 bits per heavy atom. The maximum atomic E-state index is 5.87. The molecular weight excluding hydrogens is 304 g/mol. The molecule has 0 bridgehead atoms. The lowest BCUT2D eigenvalue weighted by molar-refractivity contribution is 0.274. The summed E-state index contributed by atoms with van der Waals surface area (Å²) in [6, 6.07) is 2.04. The lowest BCUT2D eigenvalue weighted by Crippen LogP contribution is -2.05. The van der Waals surface area contributed by atoms with E-state index in [2.05, 4.69) is 6.92 Å². The van der Waals surface area contributed by atoms with E-state index in [4.69, 9.17) is 18.9 Å². The molecule has 4 nitrogen and oxygen atoms in total. The van der Waals surface area contributed by atoms with Crippen molar-refractivity contribution in [3.8, 4) is 23.0 Å². The Labute approximate surface area is 147 Å². The fraction of sp³-hybridized carbons (Fsp3) is 0.700. The number of ether oxygens (including phenoxy) is 4. The average molecular weight is 338 g/mol. The Bertz CT molecular complexity index is 471. The van der Waals surface area contributed by atoms with Crippen molar-refractivity contribution < 1.29 is 18.9 Å². The highest BCUT2D eigenvalue weighted by Gasteiger charge is 2.21. The van der Waals surface area contributed by atoms with Gasteiger partial charge in [-0.2, -0.15) is 0 Å². The zero-order chi connectivity index (χ0) is 17.8. The number of benzene rings is 1. The third-order valence-corrected chi connectivity index (χ3v) is 4.03. The number of hydrogen-bond acceptors (Lipinski definition) is 4. The molecule has 0 aromatic heterocycles. The van der Waals surface area contributed by atoms with Crippen LogP contribution in [0.4, 0.5) is 0 Å².